The molecule has 1 saturated heterocycles. The highest BCUT2D eigenvalue weighted by Gasteiger charge is 2.40. The number of imide groups is 1. The first-order chi connectivity index (χ1) is 12.4. The number of anilines is 1. The summed E-state index contributed by atoms with van der Waals surface area (Å²) in [5, 5.41) is 9.19. The first-order valence-corrected chi connectivity index (χ1v) is 8.89. The minimum atomic E-state index is -0.785. The van der Waals surface area contributed by atoms with Gasteiger partial charge in [0.05, 0.1) is 11.3 Å². The Balaban J connectivity index is 1.81. The van der Waals surface area contributed by atoms with Crippen LogP contribution >= 0.6 is 11.8 Å². The van der Waals surface area contributed by atoms with Gasteiger partial charge >= 0.3 is 0 Å². The molecule has 1 aliphatic heterocycles. The normalized spacial score (nSPS) is 17.2. The first-order valence-electron chi connectivity index (χ1n) is 8.02. The number of hydrogen-bond donors (Lipinski definition) is 2. The van der Waals surface area contributed by atoms with Crippen molar-refractivity contribution in [1.29, 1.82) is 0 Å². The maximum absolute atomic E-state index is 13.0. The number of aromatic nitrogens is 2. The number of aromatic hydroxyl groups is 1. The van der Waals surface area contributed by atoms with Crippen molar-refractivity contribution in [1.82, 2.24) is 9.97 Å². The van der Waals surface area contributed by atoms with Crippen LogP contribution < -0.4 is 10.5 Å². The highest BCUT2D eigenvalue weighted by atomic mass is 32.2. The molecule has 136 valence electrons. The number of thioether (sulfide) groups is 1. The molecule has 9 heteroatoms. The van der Waals surface area contributed by atoms with Crippen molar-refractivity contribution in [2.45, 2.75) is 36.6 Å². The van der Waals surface area contributed by atoms with Crippen LogP contribution in [0.2, 0.25) is 0 Å². The number of H-pyrrole nitrogens is 1. The molecule has 0 bridgehead atoms. The van der Waals surface area contributed by atoms with E-state index in [1.807, 2.05) is 6.92 Å². The standard InChI is InChI=1S/C17H16FN3O4S/c1-2-3-11-14(23)19-17(20-15(11)24)26-12-8-13(22)21(16(12)25)10-6-4-9(18)5-7-10/h4-7,12H,2-3,8H2,1H3,(H2,19,20,23,24)/t12-/m1/s1. The Morgan fingerprint density at radius 3 is 2.62 bits per heavy atom. The molecule has 1 atom stereocenters. The van der Waals surface area contributed by atoms with Gasteiger partial charge in [0, 0.05) is 6.42 Å². The summed E-state index contributed by atoms with van der Waals surface area (Å²) in [6.07, 6.45) is 0.980. The van der Waals surface area contributed by atoms with Crippen molar-refractivity contribution >= 4 is 29.3 Å². The number of amides is 2. The molecule has 0 radical (unpaired) electrons. The van der Waals surface area contributed by atoms with Crippen molar-refractivity contribution in [3.05, 3.63) is 46.0 Å². The van der Waals surface area contributed by atoms with E-state index in [2.05, 4.69) is 9.97 Å². The average molecular weight is 377 g/mol. The number of rotatable bonds is 5. The van der Waals surface area contributed by atoms with Gasteiger partial charge in [-0.2, -0.15) is 4.98 Å². The Morgan fingerprint density at radius 1 is 1.31 bits per heavy atom. The molecular formula is C17H16FN3O4S. The van der Waals surface area contributed by atoms with Gasteiger partial charge in [0.25, 0.3) is 5.56 Å². The fourth-order valence-corrected chi connectivity index (χ4v) is 3.68. The van der Waals surface area contributed by atoms with E-state index in [1.165, 1.54) is 24.3 Å². The van der Waals surface area contributed by atoms with Gasteiger partial charge in [-0.1, -0.05) is 25.1 Å². The second-order valence-electron chi connectivity index (χ2n) is 5.78. The molecule has 2 amide bonds. The summed E-state index contributed by atoms with van der Waals surface area (Å²) in [5.41, 5.74) is 0.0136. The summed E-state index contributed by atoms with van der Waals surface area (Å²) in [7, 11) is 0. The van der Waals surface area contributed by atoms with E-state index in [9.17, 15) is 23.9 Å². The van der Waals surface area contributed by atoms with E-state index >= 15 is 0 Å². The Labute approximate surface area is 152 Å². The molecule has 1 aromatic heterocycles. The number of halogens is 1. The number of aromatic amines is 1. The SMILES string of the molecule is CCCc1c(O)nc(S[C@@H]2CC(=O)N(c3ccc(F)cc3)C2=O)[nH]c1=O. The molecule has 0 unspecified atom stereocenters. The van der Waals surface area contributed by atoms with Crippen molar-refractivity contribution in [3.63, 3.8) is 0 Å². The molecule has 26 heavy (non-hydrogen) atoms. The number of nitrogens with one attached hydrogen (secondary N) is 1. The molecular weight excluding hydrogens is 361 g/mol. The lowest BCUT2D eigenvalue weighted by molar-refractivity contribution is -0.121. The van der Waals surface area contributed by atoms with Crippen molar-refractivity contribution in [2.75, 3.05) is 4.90 Å². The van der Waals surface area contributed by atoms with E-state index < -0.39 is 28.4 Å². The number of carbonyl (C=O) groups is 2. The van der Waals surface area contributed by atoms with Crippen LogP contribution in [0.5, 0.6) is 5.88 Å². The molecule has 7 nitrogen and oxygen atoms in total. The van der Waals surface area contributed by atoms with Crippen molar-refractivity contribution in [3.8, 4) is 5.88 Å². The third kappa shape index (κ3) is 3.48. The minimum Gasteiger partial charge on any atom is -0.493 e. The molecule has 0 saturated carbocycles. The molecule has 0 spiro atoms. The zero-order chi connectivity index (χ0) is 18.8. The number of hydrogen-bond acceptors (Lipinski definition) is 6. The van der Waals surface area contributed by atoms with Crippen LogP contribution in [0, 0.1) is 5.82 Å². The zero-order valence-corrected chi connectivity index (χ0v) is 14.7. The van der Waals surface area contributed by atoms with Gasteiger partial charge in [-0.25, -0.2) is 9.29 Å². The average Bonchev–Trinajstić information content (AvgIpc) is 2.86. The van der Waals surface area contributed by atoms with Gasteiger partial charge in [0.2, 0.25) is 17.7 Å². The lowest BCUT2D eigenvalue weighted by atomic mass is 10.2. The largest absolute Gasteiger partial charge is 0.493 e. The van der Waals surface area contributed by atoms with Crippen LogP contribution in [0.1, 0.15) is 25.3 Å². The lowest BCUT2D eigenvalue weighted by Gasteiger charge is -2.14. The van der Waals surface area contributed by atoms with Gasteiger partial charge in [-0.05, 0) is 30.7 Å². The second kappa shape index (κ2) is 7.28. The number of nitrogens with zero attached hydrogens (tertiary/aromatic N) is 2. The Bertz CT molecular complexity index is 913. The quantitative estimate of drug-likeness (QED) is 0.610. The van der Waals surface area contributed by atoms with Gasteiger partial charge in [0.15, 0.2) is 5.16 Å². The van der Waals surface area contributed by atoms with Crippen LogP contribution in [-0.2, 0) is 16.0 Å². The van der Waals surface area contributed by atoms with E-state index in [1.54, 1.807) is 0 Å². The molecule has 3 rings (SSSR count). The van der Waals surface area contributed by atoms with Crippen molar-refractivity contribution in [2.24, 2.45) is 0 Å². The molecule has 1 aliphatic rings. The molecule has 2 aromatic rings. The van der Waals surface area contributed by atoms with Crippen LogP contribution in [0.4, 0.5) is 10.1 Å². The van der Waals surface area contributed by atoms with E-state index in [0.717, 1.165) is 16.7 Å². The molecule has 2 heterocycles. The van der Waals surface area contributed by atoms with Crippen molar-refractivity contribution < 1.29 is 19.1 Å². The Kier molecular flexibility index (Phi) is 5.08. The summed E-state index contributed by atoms with van der Waals surface area (Å²) in [4.78, 5) is 44.2. The molecule has 2 N–H and O–H groups in total. The van der Waals surface area contributed by atoms with Crippen LogP contribution in [0.3, 0.4) is 0 Å². The Morgan fingerprint density at radius 2 is 2.00 bits per heavy atom. The summed E-state index contributed by atoms with van der Waals surface area (Å²) >= 11 is 0.907. The van der Waals surface area contributed by atoms with Crippen LogP contribution in [0.25, 0.3) is 0 Å². The van der Waals surface area contributed by atoms with Gasteiger partial charge < -0.3 is 10.1 Å². The second-order valence-corrected chi connectivity index (χ2v) is 6.97. The molecule has 1 fully saturated rings. The van der Waals surface area contributed by atoms with Gasteiger partial charge in [-0.3, -0.25) is 14.4 Å². The minimum absolute atomic E-state index is 0.0689. The maximum Gasteiger partial charge on any atom is 0.258 e. The highest BCUT2D eigenvalue weighted by molar-refractivity contribution is 8.00. The van der Waals surface area contributed by atoms with E-state index in [4.69, 9.17) is 0 Å². The summed E-state index contributed by atoms with van der Waals surface area (Å²) in [6, 6.07) is 5.03. The third-order valence-corrected chi connectivity index (χ3v) is 4.99. The summed E-state index contributed by atoms with van der Waals surface area (Å²) in [5.74, 6) is -1.74. The first kappa shape index (κ1) is 18.1. The van der Waals surface area contributed by atoms with E-state index in [0.29, 0.717) is 12.8 Å². The number of carbonyl (C=O) groups excluding carboxylic acids is 2. The molecule has 0 aliphatic carbocycles. The monoisotopic (exact) mass is 377 g/mol. The van der Waals surface area contributed by atoms with E-state index in [-0.39, 0.29) is 28.7 Å². The third-order valence-electron chi connectivity index (χ3n) is 3.92. The Hall–Kier alpha value is -2.68. The fraction of sp³-hybridized carbons (Fsp3) is 0.294. The van der Waals surface area contributed by atoms with Gasteiger partial charge in [0.1, 0.15) is 11.1 Å². The number of benzene rings is 1. The van der Waals surface area contributed by atoms with Gasteiger partial charge in [-0.15, -0.1) is 0 Å². The smallest absolute Gasteiger partial charge is 0.258 e. The zero-order valence-electron chi connectivity index (χ0n) is 13.9. The fourth-order valence-electron chi connectivity index (χ4n) is 2.69. The molecule has 1 aromatic carbocycles. The highest BCUT2D eigenvalue weighted by Crippen LogP contribution is 2.32. The maximum atomic E-state index is 13.0. The predicted molar refractivity (Wildman–Crippen MR) is 93.7 cm³/mol. The summed E-state index contributed by atoms with van der Waals surface area (Å²) < 4.78 is 13.0. The van der Waals surface area contributed by atoms with Crippen LogP contribution in [0.15, 0.2) is 34.2 Å². The topological polar surface area (TPSA) is 103 Å². The van der Waals surface area contributed by atoms with Crippen LogP contribution in [-0.4, -0.2) is 32.1 Å². The predicted octanol–water partition coefficient (Wildman–Crippen LogP) is 1.99. The summed E-state index contributed by atoms with van der Waals surface area (Å²) in [6.45, 7) is 1.87. The lowest BCUT2D eigenvalue weighted by Crippen LogP contribution is -2.31.